The molecule has 0 radical (unpaired) electrons. The minimum Gasteiger partial charge on any atom is -0.493 e. The summed E-state index contributed by atoms with van der Waals surface area (Å²) in [4.78, 5) is 12.0. The lowest BCUT2D eigenvalue weighted by atomic mass is 10.1. The van der Waals surface area contributed by atoms with Gasteiger partial charge in [-0.1, -0.05) is 12.1 Å². The lowest BCUT2D eigenvalue weighted by Crippen LogP contribution is -2.06. The number of hydrogen-bond acceptors (Lipinski definition) is 8. The van der Waals surface area contributed by atoms with Crippen molar-refractivity contribution in [3.05, 3.63) is 60.2 Å². The van der Waals surface area contributed by atoms with Gasteiger partial charge in [-0.3, -0.25) is 4.79 Å². The minimum absolute atomic E-state index is 0.126. The van der Waals surface area contributed by atoms with E-state index >= 15 is 0 Å². The van der Waals surface area contributed by atoms with Crippen LogP contribution in [0.4, 0.5) is 4.39 Å². The van der Waals surface area contributed by atoms with Crippen molar-refractivity contribution in [1.29, 1.82) is 0 Å². The Balaban J connectivity index is 1.76. The molecule has 0 saturated heterocycles. The summed E-state index contributed by atoms with van der Waals surface area (Å²) in [5, 5.41) is 17.7. The summed E-state index contributed by atoms with van der Waals surface area (Å²) in [5.74, 6) is 0.228. The van der Waals surface area contributed by atoms with Crippen molar-refractivity contribution in [3.63, 3.8) is 0 Å². The van der Waals surface area contributed by atoms with E-state index in [1.807, 2.05) is 12.1 Å². The van der Waals surface area contributed by atoms with Crippen LogP contribution in [0.15, 0.2) is 48.7 Å². The second-order valence-electron chi connectivity index (χ2n) is 7.33. The molecule has 0 amide bonds. The van der Waals surface area contributed by atoms with Crippen molar-refractivity contribution in [2.45, 2.75) is 6.42 Å². The molecule has 0 aliphatic rings. The van der Waals surface area contributed by atoms with Crippen molar-refractivity contribution in [3.8, 4) is 28.3 Å². The summed E-state index contributed by atoms with van der Waals surface area (Å²) < 4.78 is 32.6. The van der Waals surface area contributed by atoms with Gasteiger partial charge in [0.2, 0.25) is 0 Å². The molecule has 0 atom stereocenters. The molecule has 0 bridgehead atoms. The third-order valence-electron chi connectivity index (χ3n) is 5.38. The van der Waals surface area contributed by atoms with Gasteiger partial charge in [-0.05, 0) is 35.9 Å². The highest BCUT2D eigenvalue weighted by Crippen LogP contribution is 2.34. The Kier molecular flexibility index (Phi) is 5.28. The fourth-order valence-electron chi connectivity index (χ4n) is 3.75. The Morgan fingerprint density at radius 2 is 1.85 bits per heavy atom. The number of nitrogens with zero attached hydrogens (tertiary/aromatic N) is 6. The second kappa shape index (κ2) is 8.43. The Bertz CT molecular complexity index is 1540. The Labute approximate surface area is 192 Å². The number of aromatic nitrogens is 6. The maximum Gasteiger partial charge on any atom is 0.311 e. The molecule has 172 valence electrons. The highest BCUT2D eigenvalue weighted by molar-refractivity contribution is 5.86. The largest absolute Gasteiger partial charge is 0.493 e. The molecule has 0 aliphatic heterocycles. The number of methoxy groups -OCH3 is 3. The molecule has 3 aromatic heterocycles. The molecule has 0 spiro atoms. The van der Waals surface area contributed by atoms with Crippen LogP contribution in [0.2, 0.25) is 0 Å². The fraction of sp³-hybridized carbons (Fsp3) is 0.174. The number of halogens is 1. The summed E-state index contributed by atoms with van der Waals surface area (Å²) >= 11 is 0. The van der Waals surface area contributed by atoms with Crippen LogP contribution in [0, 0.1) is 5.82 Å². The number of carbonyl (C=O) groups excluding carboxylic acids is 1. The first kappa shape index (κ1) is 21.3. The average molecular weight is 462 g/mol. The number of benzene rings is 2. The van der Waals surface area contributed by atoms with Crippen LogP contribution in [0.3, 0.4) is 0 Å². The first-order chi connectivity index (χ1) is 16.5. The number of carbonyl (C=O) groups is 1. The maximum absolute atomic E-state index is 14.0. The second-order valence-corrected chi connectivity index (χ2v) is 7.33. The van der Waals surface area contributed by atoms with Crippen LogP contribution >= 0.6 is 0 Å². The van der Waals surface area contributed by atoms with Crippen molar-refractivity contribution in [1.82, 2.24) is 29.6 Å². The van der Waals surface area contributed by atoms with Crippen LogP contribution in [0.1, 0.15) is 5.69 Å². The van der Waals surface area contributed by atoms with E-state index in [1.165, 1.54) is 23.9 Å². The van der Waals surface area contributed by atoms with Gasteiger partial charge >= 0.3 is 5.97 Å². The molecule has 3 heterocycles. The van der Waals surface area contributed by atoms with Gasteiger partial charge in [-0.25, -0.2) is 9.07 Å². The van der Waals surface area contributed by atoms with Crippen LogP contribution < -0.4 is 9.47 Å². The van der Waals surface area contributed by atoms with E-state index in [9.17, 15) is 9.18 Å². The van der Waals surface area contributed by atoms with Crippen LogP contribution in [0.25, 0.3) is 33.6 Å². The van der Waals surface area contributed by atoms with E-state index in [4.69, 9.17) is 14.2 Å². The number of ether oxygens (including phenoxy) is 3. The molecule has 2 aromatic carbocycles. The van der Waals surface area contributed by atoms with Gasteiger partial charge in [-0.15, -0.1) is 10.2 Å². The minimum atomic E-state index is -0.487. The van der Waals surface area contributed by atoms with Crippen molar-refractivity contribution in [2.24, 2.45) is 0 Å². The van der Waals surface area contributed by atoms with Crippen LogP contribution in [0.5, 0.6) is 11.5 Å². The Morgan fingerprint density at radius 1 is 1.03 bits per heavy atom. The molecule has 34 heavy (non-hydrogen) atoms. The Morgan fingerprint density at radius 3 is 2.59 bits per heavy atom. The zero-order chi connectivity index (χ0) is 23.8. The first-order valence-corrected chi connectivity index (χ1v) is 10.2. The molecule has 5 aromatic rings. The highest BCUT2D eigenvalue weighted by Gasteiger charge is 2.22. The SMILES string of the molecule is COC(=O)Cc1nn(-c2cccc(F)c2)c2c1nnc1c(-c3ccc(OC)c(OC)c3)cnn12. The fourth-order valence-corrected chi connectivity index (χ4v) is 3.75. The third-order valence-corrected chi connectivity index (χ3v) is 5.38. The van der Waals surface area contributed by atoms with Gasteiger partial charge in [0.25, 0.3) is 0 Å². The summed E-state index contributed by atoms with van der Waals surface area (Å²) in [6.45, 7) is 0. The summed E-state index contributed by atoms with van der Waals surface area (Å²) in [6, 6.07) is 11.4. The van der Waals surface area contributed by atoms with Gasteiger partial charge in [0.15, 0.2) is 28.3 Å². The molecular formula is C23H19FN6O4. The lowest BCUT2D eigenvalue weighted by Gasteiger charge is -2.09. The quantitative estimate of drug-likeness (QED) is 0.355. The van der Waals surface area contributed by atoms with Gasteiger partial charge in [0, 0.05) is 5.56 Å². The molecule has 0 N–H and O–H groups in total. The number of hydrogen-bond donors (Lipinski definition) is 0. The van der Waals surface area contributed by atoms with Crippen molar-refractivity contribution < 1.29 is 23.4 Å². The molecule has 0 fully saturated rings. The third kappa shape index (κ3) is 3.47. The van der Waals surface area contributed by atoms with Crippen molar-refractivity contribution in [2.75, 3.05) is 21.3 Å². The molecule has 0 saturated carbocycles. The van der Waals surface area contributed by atoms with E-state index < -0.39 is 11.8 Å². The molecule has 5 rings (SSSR count). The first-order valence-electron chi connectivity index (χ1n) is 10.2. The van der Waals surface area contributed by atoms with E-state index in [1.54, 1.807) is 43.1 Å². The lowest BCUT2D eigenvalue weighted by molar-refractivity contribution is -0.139. The van der Waals surface area contributed by atoms with E-state index in [2.05, 4.69) is 20.4 Å². The zero-order valence-corrected chi connectivity index (χ0v) is 18.5. The van der Waals surface area contributed by atoms with Gasteiger partial charge < -0.3 is 14.2 Å². The predicted octanol–water partition coefficient (Wildman–Crippen LogP) is 3.00. The van der Waals surface area contributed by atoms with E-state index in [0.29, 0.717) is 45.3 Å². The topological polar surface area (TPSA) is 106 Å². The zero-order valence-electron chi connectivity index (χ0n) is 18.5. The summed E-state index contributed by atoms with van der Waals surface area (Å²) in [6.07, 6.45) is 1.52. The van der Waals surface area contributed by atoms with Crippen LogP contribution in [-0.4, -0.2) is 56.9 Å². The number of fused-ring (bicyclic) bond motifs is 3. The van der Waals surface area contributed by atoms with E-state index in [0.717, 1.165) is 5.56 Å². The Hall–Kier alpha value is -4.54. The van der Waals surface area contributed by atoms with Crippen LogP contribution in [-0.2, 0) is 16.0 Å². The molecule has 0 unspecified atom stereocenters. The monoisotopic (exact) mass is 462 g/mol. The molecule has 11 heteroatoms. The highest BCUT2D eigenvalue weighted by atomic mass is 19.1. The standard InChI is InChI=1S/C23H19FN6O4/c1-32-18-8-7-13(9-19(18)33-2)16-12-25-30-22(16)27-26-21-17(11-20(31)34-3)28-29(23(21)30)15-6-4-5-14(24)10-15/h4-10,12H,11H2,1-3H3. The van der Waals surface area contributed by atoms with E-state index in [-0.39, 0.29) is 6.42 Å². The van der Waals surface area contributed by atoms with Gasteiger partial charge in [0.1, 0.15) is 11.5 Å². The van der Waals surface area contributed by atoms with Gasteiger partial charge in [0.05, 0.1) is 39.6 Å². The molecular weight excluding hydrogens is 443 g/mol. The predicted molar refractivity (Wildman–Crippen MR) is 120 cm³/mol. The van der Waals surface area contributed by atoms with Gasteiger partial charge in [-0.2, -0.15) is 14.7 Å². The summed E-state index contributed by atoms with van der Waals surface area (Å²) in [7, 11) is 4.41. The maximum atomic E-state index is 14.0. The summed E-state index contributed by atoms with van der Waals surface area (Å²) in [5.41, 5.74) is 3.49. The smallest absolute Gasteiger partial charge is 0.311 e. The van der Waals surface area contributed by atoms with Crippen molar-refractivity contribution >= 4 is 22.8 Å². The number of rotatable bonds is 6. The average Bonchev–Trinajstić information content (AvgIpc) is 3.45. The number of esters is 1. The normalized spacial score (nSPS) is 11.2. The molecule has 10 nitrogen and oxygen atoms in total. The molecule has 0 aliphatic carbocycles.